The SMILES string of the molecule is Cc1ccc(C)n1NC(=O)c1ccc(NC(=O)c2ccc([N+](=O)[O-])cc2)cc1. The van der Waals surface area contributed by atoms with Gasteiger partial charge in [-0.25, -0.2) is 0 Å². The lowest BCUT2D eigenvalue weighted by Gasteiger charge is -2.12. The summed E-state index contributed by atoms with van der Waals surface area (Å²) in [7, 11) is 0. The van der Waals surface area contributed by atoms with Crippen molar-refractivity contribution in [2.75, 3.05) is 10.7 Å². The Morgan fingerprint density at radius 1 is 0.821 bits per heavy atom. The molecule has 3 aromatic rings. The molecule has 0 radical (unpaired) electrons. The van der Waals surface area contributed by atoms with Crippen LogP contribution in [0.4, 0.5) is 11.4 Å². The summed E-state index contributed by atoms with van der Waals surface area (Å²) >= 11 is 0. The van der Waals surface area contributed by atoms with E-state index in [9.17, 15) is 19.7 Å². The van der Waals surface area contributed by atoms with Crippen LogP contribution in [0.15, 0.2) is 60.7 Å². The number of nitro groups is 1. The summed E-state index contributed by atoms with van der Waals surface area (Å²) in [5.41, 5.74) is 5.81. The summed E-state index contributed by atoms with van der Waals surface area (Å²) in [5.74, 6) is -0.665. The molecule has 28 heavy (non-hydrogen) atoms. The number of aryl methyl sites for hydroxylation is 2. The number of non-ortho nitro benzene ring substituents is 1. The zero-order valence-corrected chi connectivity index (χ0v) is 15.3. The number of anilines is 1. The molecule has 0 spiro atoms. The number of benzene rings is 2. The van der Waals surface area contributed by atoms with E-state index in [1.807, 2.05) is 26.0 Å². The van der Waals surface area contributed by atoms with Crippen LogP contribution in [0.25, 0.3) is 0 Å². The second kappa shape index (κ2) is 7.75. The van der Waals surface area contributed by atoms with Crippen molar-refractivity contribution >= 4 is 23.2 Å². The number of amides is 2. The Bertz CT molecular complexity index is 1020. The van der Waals surface area contributed by atoms with Crippen LogP contribution >= 0.6 is 0 Å². The molecule has 0 fully saturated rings. The maximum atomic E-state index is 12.4. The van der Waals surface area contributed by atoms with Gasteiger partial charge in [-0.2, -0.15) is 0 Å². The fourth-order valence-electron chi connectivity index (χ4n) is 2.65. The quantitative estimate of drug-likeness (QED) is 0.522. The second-order valence-electron chi connectivity index (χ2n) is 6.23. The molecule has 0 aliphatic heterocycles. The molecule has 8 nitrogen and oxygen atoms in total. The normalized spacial score (nSPS) is 10.4. The summed E-state index contributed by atoms with van der Waals surface area (Å²) in [6, 6.07) is 15.6. The van der Waals surface area contributed by atoms with E-state index < -0.39 is 10.8 Å². The van der Waals surface area contributed by atoms with Gasteiger partial charge in [-0.1, -0.05) is 0 Å². The zero-order valence-electron chi connectivity index (χ0n) is 15.3. The Morgan fingerprint density at radius 3 is 1.86 bits per heavy atom. The van der Waals surface area contributed by atoms with Crippen LogP contribution in [-0.2, 0) is 0 Å². The van der Waals surface area contributed by atoms with Crippen molar-refractivity contribution in [2.24, 2.45) is 0 Å². The number of nitrogens with one attached hydrogen (secondary N) is 2. The lowest BCUT2D eigenvalue weighted by atomic mass is 10.1. The van der Waals surface area contributed by atoms with E-state index in [1.54, 1.807) is 28.9 Å². The van der Waals surface area contributed by atoms with Crippen LogP contribution in [0.2, 0.25) is 0 Å². The van der Waals surface area contributed by atoms with Gasteiger partial charge in [0.15, 0.2) is 0 Å². The van der Waals surface area contributed by atoms with Crippen molar-refractivity contribution in [3.05, 3.63) is 93.3 Å². The lowest BCUT2D eigenvalue weighted by Crippen LogP contribution is -2.24. The topological polar surface area (TPSA) is 106 Å². The molecule has 0 aliphatic carbocycles. The molecule has 2 N–H and O–H groups in total. The molecule has 2 aromatic carbocycles. The standard InChI is InChI=1S/C20H18N4O4/c1-13-3-4-14(2)23(13)22-20(26)16-5-9-17(10-6-16)21-19(25)15-7-11-18(12-8-15)24(27)28/h3-12H,1-2H3,(H,21,25)(H,22,26). The van der Waals surface area contributed by atoms with Gasteiger partial charge in [-0.05, 0) is 62.4 Å². The molecular weight excluding hydrogens is 360 g/mol. The fraction of sp³-hybridized carbons (Fsp3) is 0.100. The van der Waals surface area contributed by atoms with Gasteiger partial charge in [-0.15, -0.1) is 0 Å². The third-order valence-electron chi connectivity index (χ3n) is 4.23. The fourth-order valence-corrected chi connectivity index (χ4v) is 2.65. The minimum absolute atomic E-state index is 0.0833. The van der Waals surface area contributed by atoms with Crippen molar-refractivity contribution < 1.29 is 14.5 Å². The highest BCUT2D eigenvalue weighted by molar-refractivity contribution is 6.05. The smallest absolute Gasteiger partial charge is 0.270 e. The number of hydrogen-bond donors (Lipinski definition) is 2. The Hall–Kier alpha value is -3.94. The number of nitrogens with zero attached hydrogens (tertiary/aromatic N) is 2. The van der Waals surface area contributed by atoms with Gasteiger partial charge in [0.2, 0.25) is 0 Å². The van der Waals surface area contributed by atoms with Crippen LogP contribution in [0, 0.1) is 24.0 Å². The van der Waals surface area contributed by atoms with E-state index in [0.29, 0.717) is 16.8 Å². The molecule has 0 unspecified atom stereocenters. The van der Waals surface area contributed by atoms with Gasteiger partial charge in [-0.3, -0.25) is 29.8 Å². The van der Waals surface area contributed by atoms with E-state index in [-0.39, 0.29) is 11.6 Å². The Balaban J connectivity index is 1.66. The van der Waals surface area contributed by atoms with E-state index in [1.165, 1.54) is 24.3 Å². The average molecular weight is 378 g/mol. The molecule has 0 atom stereocenters. The number of rotatable bonds is 5. The third kappa shape index (κ3) is 4.07. The van der Waals surface area contributed by atoms with Crippen molar-refractivity contribution in [1.29, 1.82) is 0 Å². The first kappa shape index (κ1) is 18.8. The van der Waals surface area contributed by atoms with Gasteiger partial charge in [0, 0.05) is 40.3 Å². The Kier molecular flexibility index (Phi) is 5.21. The summed E-state index contributed by atoms with van der Waals surface area (Å²) in [5, 5.41) is 13.4. The van der Waals surface area contributed by atoms with Crippen molar-refractivity contribution in [3.63, 3.8) is 0 Å². The lowest BCUT2D eigenvalue weighted by molar-refractivity contribution is -0.384. The van der Waals surface area contributed by atoms with E-state index in [2.05, 4.69) is 10.7 Å². The molecule has 0 aliphatic rings. The van der Waals surface area contributed by atoms with Crippen LogP contribution < -0.4 is 10.7 Å². The largest absolute Gasteiger partial charge is 0.322 e. The van der Waals surface area contributed by atoms with Gasteiger partial charge >= 0.3 is 0 Å². The maximum absolute atomic E-state index is 12.4. The zero-order chi connectivity index (χ0) is 20.3. The van der Waals surface area contributed by atoms with Crippen molar-refractivity contribution in [1.82, 2.24) is 4.68 Å². The predicted molar refractivity (Wildman–Crippen MR) is 105 cm³/mol. The summed E-state index contributed by atoms with van der Waals surface area (Å²) in [6.45, 7) is 3.79. The highest BCUT2D eigenvalue weighted by Crippen LogP contribution is 2.15. The second-order valence-corrected chi connectivity index (χ2v) is 6.23. The number of hydrogen-bond acceptors (Lipinski definition) is 4. The molecule has 1 aromatic heterocycles. The first-order valence-corrected chi connectivity index (χ1v) is 8.47. The number of nitro benzene ring substituents is 1. The average Bonchev–Trinajstić information content (AvgIpc) is 3.00. The Labute approximate surface area is 160 Å². The van der Waals surface area contributed by atoms with Crippen LogP contribution in [-0.4, -0.2) is 21.4 Å². The minimum atomic E-state index is -0.526. The van der Waals surface area contributed by atoms with Gasteiger partial charge in [0.25, 0.3) is 17.5 Å². The summed E-state index contributed by atoms with van der Waals surface area (Å²) in [4.78, 5) is 34.8. The molecule has 0 bridgehead atoms. The van der Waals surface area contributed by atoms with Gasteiger partial charge in [0.05, 0.1) is 4.92 Å². The van der Waals surface area contributed by atoms with Gasteiger partial charge < -0.3 is 5.32 Å². The Morgan fingerprint density at radius 2 is 1.32 bits per heavy atom. The number of aromatic nitrogens is 1. The van der Waals surface area contributed by atoms with E-state index in [4.69, 9.17) is 0 Å². The monoisotopic (exact) mass is 378 g/mol. The van der Waals surface area contributed by atoms with E-state index in [0.717, 1.165) is 11.4 Å². The van der Waals surface area contributed by atoms with Crippen LogP contribution in [0.1, 0.15) is 32.1 Å². The first-order valence-electron chi connectivity index (χ1n) is 8.47. The summed E-state index contributed by atoms with van der Waals surface area (Å²) < 4.78 is 1.70. The molecular formula is C20H18N4O4. The van der Waals surface area contributed by atoms with Gasteiger partial charge in [0.1, 0.15) is 0 Å². The maximum Gasteiger partial charge on any atom is 0.270 e. The molecule has 8 heteroatoms. The molecule has 0 saturated heterocycles. The minimum Gasteiger partial charge on any atom is -0.322 e. The molecule has 0 saturated carbocycles. The number of carbonyl (C=O) groups is 2. The summed E-state index contributed by atoms with van der Waals surface area (Å²) in [6.07, 6.45) is 0. The number of carbonyl (C=O) groups excluding carboxylic acids is 2. The molecule has 2 amide bonds. The molecule has 3 rings (SSSR count). The molecule has 1 heterocycles. The molecule has 142 valence electrons. The van der Waals surface area contributed by atoms with Crippen molar-refractivity contribution in [2.45, 2.75) is 13.8 Å². The van der Waals surface area contributed by atoms with Crippen LogP contribution in [0.3, 0.4) is 0 Å². The third-order valence-corrected chi connectivity index (χ3v) is 4.23. The highest BCUT2D eigenvalue weighted by Gasteiger charge is 2.11. The van der Waals surface area contributed by atoms with E-state index >= 15 is 0 Å². The first-order chi connectivity index (χ1) is 13.3. The predicted octanol–water partition coefficient (Wildman–Crippen LogP) is 3.65. The van der Waals surface area contributed by atoms with Crippen LogP contribution in [0.5, 0.6) is 0 Å². The highest BCUT2D eigenvalue weighted by atomic mass is 16.6. The van der Waals surface area contributed by atoms with Crippen molar-refractivity contribution in [3.8, 4) is 0 Å².